The van der Waals surface area contributed by atoms with E-state index in [0.717, 1.165) is 56.6 Å². The molecule has 2 saturated heterocycles. The number of para-hydroxylation sites is 1. The molecule has 2 aliphatic rings. The lowest BCUT2D eigenvalue weighted by Crippen LogP contribution is -2.60. The number of piperazine rings is 1. The molecule has 1 aromatic heterocycles. The Kier molecular flexibility index (Phi) is 8.92. The van der Waals surface area contributed by atoms with Gasteiger partial charge in [0, 0.05) is 43.4 Å². The SMILES string of the molecule is CCCCC1(N2CCN(c3cn(-c4ccc(F)cc4)c4ccccc34)CC2)NC(=O)C(C)(C)S1.Cl.Cl. The molecule has 0 saturated carbocycles. The molecule has 5 rings (SSSR count). The largest absolute Gasteiger partial charge is 0.367 e. The Balaban J connectivity index is 0.00000180. The first kappa shape index (κ1) is 28.6. The van der Waals surface area contributed by atoms with E-state index >= 15 is 0 Å². The Bertz CT molecular complexity index is 1190. The van der Waals surface area contributed by atoms with Gasteiger partial charge < -0.3 is 14.8 Å². The number of nitrogens with zero attached hydrogens (tertiary/aromatic N) is 3. The van der Waals surface area contributed by atoms with Crippen molar-refractivity contribution in [2.75, 3.05) is 31.1 Å². The van der Waals surface area contributed by atoms with Crippen molar-refractivity contribution in [1.29, 1.82) is 0 Å². The van der Waals surface area contributed by atoms with Gasteiger partial charge in [-0.3, -0.25) is 9.69 Å². The smallest absolute Gasteiger partial charge is 0.237 e. The van der Waals surface area contributed by atoms with E-state index in [0.29, 0.717) is 0 Å². The van der Waals surface area contributed by atoms with Crippen LogP contribution in [-0.2, 0) is 4.79 Å². The summed E-state index contributed by atoms with van der Waals surface area (Å²) in [5, 5.41) is 4.57. The number of hydrogen-bond donors (Lipinski definition) is 1. The summed E-state index contributed by atoms with van der Waals surface area (Å²) >= 11 is 1.78. The van der Waals surface area contributed by atoms with Gasteiger partial charge in [0.05, 0.1) is 16.0 Å². The van der Waals surface area contributed by atoms with Crippen molar-refractivity contribution in [2.24, 2.45) is 0 Å². The van der Waals surface area contributed by atoms with Crippen molar-refractivity contribution in [3.05, 3.63) is 60.5 Å². The third-order valence-electron chi connectivity index (χ3n) is 7.08. The van der Waals surface area contributed by atoms with Crippen LogP contribution in [-0.4, -0.2) is 51.3 Å². The summed E-state index contributed by atoms with van der Waals surface area (Å²) < 4.78 is 15.2. The number of carbonyl (C=O) groups excluding carboxylic acids is 1. The van der Waals surface area contributed by atoms with Crippen molar-refractivity contribution >= 4 is 59.1 Å². The third-order valence-corrected chi connectivity index (χ3v) is 8.67. The topological polar surface area (TPSA) is 40.5 Å². The molecule has 196 valence electrons. The van der Waals surface area contributed by atoms with E-state index in [9.17, 15) is 9.18 Å². The highest BCUT2D eigenvalue weighted by molar-refractivity contribution is 8.03. The Morgan fingerprint density at radius 1 is 1.00 bits per heavy atom. The van der Waals surface area contributed by atoms with E-state index in [1.165, 1.54) is 23.2 Å². The molecule has 0 aliphatic carbocycles. The Hall–Kier alpha value is -1.93. The molecule has 2 fully saturated rings. The monoisotopic (exact) mass is 552 g/mol. The van der Waals surface area contributed by atoms with Gasteiger partial charge in [-0.05, 0) is 57.0 Å². The third kappa shape index (κ3) is 5.21. The van der Waals surface area contributed by atoms with Gasteiger partial charge in [-0.15, -0.1) is 36.6 Å². The predicted octanol–water partition coefficient (Wildman–Crippen LogP) is 6.22. The van der Waals surface area contributed by atoms with E-state index in [1.54, 1.807) is 11.8 Å². The van der Waals surface area contributed by atoms with Crippen LogP contribution in [0.3, 0.4) is 0 Å². The van der Waals surface area contributed by atoms with E-state index in [2.05, 4.69) is 51.0 Å². The quantitative estimate of drug-likeness (QED) is 0.394. The maximum Gasteiger partial charge on any atom is 0.237 e. The van der Waals surface area contributed by atoms with Gasteiger partial charge >= 0.3 is 0 Å². The zero-order valence-corrected chi connectivity index (χ0v) is 23.4. The van der Waals surface area contributed by atoms with Crippen molar-refractivity contribution in [2.45, 2.75) is 49.8 Å². The van der Waals surface area contributed by atoms with E-state index < -0.39 is 4.75 Å². The lowest BCUT2D eigenvalue weighted by atomic mass is 10.1. The molecule has 9 heteroatoms. The predicted molar refractivity (Wildman–Crippen MR) is 154 cm³/mol. The molecular weight excluding hydrogens is 518 g/mol. The first-order chi connectivity index (χ1) is 16.3. The number of carbonyl (C=O) groups is 1. The average molecular weight is 554 g/mol. The maximum atomic E-state index is 13.5. The molecule has 1 N–H and O–H groups in total. The van der Waals surface area contributed by atoms with Crippen molar-refractivity contribution < 1.29 is 9.18 Å². The highest BCUT2D eigenvalue weighted by Crippen LogP contribution is 2.47. The first-order valence-corrected chi connectivity index (χ1v) is 13.0. The van der Waals surface area contributed by atoms with Crippen LogP contribution in [0.1, 0.15) is 40.0 Å². The number of halogens is 3. The molecule has 3 heterocycles. The van der Waals surface area contributed by atoms with Crippen LogP contribution in [0.5, 0.6) is 0 Å². The number of benzene rings is 2. The van der Waals surface area contributed by atoms with Gasteiger partial charge in [0.2, 0.25) is 5.91 Å². The second-order valence-corrected chi connectivity index (χ2v) is 11.7. The fourth-order valence-electron chi connectivity index (χ4n) is 5.19. The van der Waals surface area contributed by atoms with Crippen LogP contribution in [0, 0.1) is 5.82 Å². The number of fused-ring (bicyclic) bond motifs is 1. The number of amides is 1. The molecule has 3 aromatic rings. The second kappa shape index (κ2) is 11.2. The summed E-state index contributed by atoms with van der Waals surface area (Å²) in [6.07, 6.45) is 5.35. The van der Waals surface area contributed by atoms with Gasteiger partial charge in [0.25, 0.3) is 0 Å². The van der Waals surface area contributed by atoms with Crippen molar-refractivity contribution in [1.82, 2.24) is 14.8 Å². The minimum absolute atomic E-state index is 0. The van der Waals surface area contributed by atoms with Crippen LogP contribution >= 0.6 is 36.6 Å². The summed E-state index contributed by atoms with van der Waals surface area (Å²) in [6, 6.07) is 15.1. The molecule has 1 atom stereocenters. The van der Waals surface area contributed by atoms with Gasteiger partial charge in [0.15, 0.2) is 0 Å². The van der Waals surface area contributed by atoms with Gasteiger partial charge in [-0.25, -0.2) is 4.39 Å². The maximum absolute atomic E-state index is 13.5. The number of unbranched alkanes of at least 4 members (excludes halogenated alkanes) is 1. The van der Waals surface area contributed by atoms with Crippen LogP contribution in [0.25, 0.3) is 16.6 Å². The lowest BCUT2D eigenvalue weighted by molar-refractivity contribution is -0.124. The minimum atomic E-state index is -0.409. The van der Waals surface area contributed by atoms with Crippen LogP contribution in [0.4, 0.5) is 10.1 Å². The van der Waals surface area contributed by atoms with Crippen LogP contribution in [0.2, 0.25) is 0 Å². The van der Waals surface area contributed by atoms with E-state index in [-0.39, 0.29) is 41.5 Å². The van der Waals surface area contributed by atoms with E-state index in [4.69, 9.17) is 0 Å². The molecule has 5 nitrogen and oxygen atoms in total. The zero-order chi connectivity index (χ0) is 23.9. The summed E-state index contributed by atoms with van der Waals surface area (Å²) in [5.41, 5.74) is 3.27. The molecule has 0 bridgehead atoms. The molecule has 1 unspecified atom stereocenters. The molecular formula is C27H35Cl2FN4OS. The number of rotatable bonds is 6. The minimum Gasteiger partial charge on any atom is -0.367 e. The van der Waals surface area contributed by atoms with Gasteiger partial charge in [-0.1, -0.05) is 31.5 Å². The second-order valence-electron chi connectivity index (χ2n) is 9.81. The number of anilines is 1. The van der Waals surface area contributed by atoms with Crippen molar-refractivity contribution in [3.63, 3.8) is 0 Å². The first-order valence-electron chi connectivity index (χ1n) is 12.2. The zero-order valence-electron chi connectivity index (χ0n) is 21.0. The van der Waals surface area contributed by atoms with Crippen LogP contribution < -0.4 is 10.2 Å². The number of aromatic nitrogens is 1. The number of nitrogens with one attached hydrogen (secondary N) is 1. The molecule has 0 spiro atoms. The normalized spacial score (nSPS) is 21.7. The molecule has 2 aliphatic heterocycles. The van der Waals surface area contributed by atoms with Gasteiger partial charge in [0.1, 0.15) is 10.8 Å². The molecule has 0 radical (unpaired) electrons. The standard InChI is InChI=1S/C27H33FN4OS.2ClH/c1-4-5-14-27(29-25(33)26(2,3)34-27)31-17-15-30(16-18-31)24-19-32(21-12-10-20(28)11-13-21)23-9-7-6-8-22(23)24;;/h6-13,19H,4-5,14-18H2,1-3H3,(H,29,33);2*1H. The summed E-state index contributed by atoms with van der Waals surface area (Å²) in [6.45, 7) is 9.83. The molecule has 36 heavy (non-hydrogen) atoms. The fraction of sp³-hybridized carbons (Fsp3) is 0.444. The van der Waals surface area contributed by atoms with E-state index in [1.807, 2.05) is 32.0 Å². The van der Waals surface area contributed by atoms with Crippen LogP contribution in [0.15, 0.2) is 54.7 Å². The number of hydrogen-bond acceptors (Lipinski definition) is 4. The fourth-order valence-corrected chi connectivity index (χ4v) is 6.88. The Morgan fingerprint density at radius 2 is 1.67 bits per heavy atom. The van der Waals surface area contributed by atoms with Crippen molar-refractivity contribution in [3.8, 4) is 5.69 Å². The lowest BCUT2D eigenvalue weighted by Gasteiger charge is -2.46. The summed E-state index contributed by atoms with van der Waals surface area (Å²) in [5.74, 6) is -0.0907. The molecule has 2 aromatic carbocycles. The highest BCUT2D eigenvalue weighted by atomic mass is 35.5. The highest BCUT2D eigenvalue weighted by Gasteiger charge is 2.53. The Morgan fingerprint density at radius 3 is 2.28 bits per heavy atom. The number of thioether (sulfide) groups is 1. The molecule has 1 amide bonds. The Labute approximate surface area is 229 Å². The van der Waals surface area contributed by atoms with Gasteiger partial charge in [-0.2, -0.15) is 0 Å². The summed E-state index contributed by atoms with van der Waals surface area (Å²) in [7, 11) is 0. The average Bonchev–Trinajstić information content (AvgIpc) is 3.33. The summed E-state index contributed by atoms with van der Waals surface area (Å²) in [4.78, 5) is 17.3.